The highest BCUT2D eigenvalue weighted by molar-refractivity contribution is 7.91. The fourth-order valence-corrected chi connectivity index (χ4v) is 4.87. The lowest BCUT2D eigenvalue weighted by molar-refractivity contribution is -0.124. The van der Waals surface area contributed by atoms with Crippen molar-refractivity contribution in [2.45, 2.75) is 6.42 Å². The summed E-state index contributed by atoms with van der Waals surface area (Å²) in [5.74, 6) is -0.987. The zero-order valence-electron chi connectivity index (χ0n) is 10.7. The highest BCUT2D eigenvalue weighted by atomic mass is 35.5. The van der Waals surface area contributed by atoms with E-state index in [4.69, 9.17) is 11.6 Å². The minimum Gasteiger partial charge on any atom is -0.288 e. The molecule has 1 atom stereocenters. The summed E-state index contributed by atoms with van der Waals surface area (Å²) >= 11 is 7.41. The number of hydrogen-bond acceptors (Lipinski definition) is 6. The van der Waals surface area contributed by atoms with Gasteiger partial charge in [0.25, 0.3) is 0 Å². The minimum absolute atomic E-state index is 0.0543. The molecule has 1 N–H and O–H groups in total. The molecule has 21 heavy (non-hydrogen) atoms. The van der Waals surface area contributed by atoms with Crippen LogP contribution in [0.5, 0.6) is 0 Å². The summed E-state index contributed by atoms with van der Waals surface area (Å²) in [6.07, 6.45) is 3.54. The van der Waals surface area contributed by atoms with E-state index >= 15 is 0 Å². The van der Waals surface area contributed by atoms with Crippen LogP contribution in [0.4, 0.5) is 0 Å². The van der Waals surface area contributed by atoms with Gasteiger partial charge in [0, 0.05) is 11.6 Å². The Hall–Kier alpha value is -1.45. The second-order valence-electron chi connectivity index (χ2n) is 4.68. The number of fused-ring (bicyclic) bond motifs is 1. The van der Waals surface area contributed by atoms with Gasteiger partial charge >= 0.3 is 0 Å². The van der Waals surface area contributed by atoms with Gasteiger partial charge in [-0.2, -0.15) is 5.10 Å². The number of halogens is 1. The van der Waals surface area contributed by atoms with Crippen molar-refractivity contribution in [1.29, 1.82) is 0 Å². The van der Waals surface area contributed by atoms with Gasteiger partial charge in [-0.25, -0.2) is 18.8 Å². The molecule has 7 nitrogen and oxygen atoms in total. The SMILES string of the molecule is O=C(N/N=C\c1c(Cl)nc2sccn12)[C@H]1CCS(=O)(=O)C1. The molecule has 0 saturated carbocycles. The zero-order valence-corrected chi connectivity index (χ0v) is 13.1. The Bertz CT molecular complexity index is 824. The molecule has 0 bridgehead atoms. The molecular formula is C11H11ClN4O3S2. The van der Waals surface area contributed by atoms with Crippen molar-refractivity contribution in [3.63, 3.8) is 0 Å². The van der Waals surface area contributed by atoms with E-state index in [2.05, 4.69) is 15.5 Å². The molecule has 0 radical (unpaired) electrons. The molecule has 0 aromatic carbocycles. The van der Waals surface area contributed by atoms with Crippen LogP contribution in [-0.4, -0.2) is 41.4 Å². The number of carbonyl (C=O) groups is 1. The number of nitrogens with one attached hydrogen (secondary N) is 1. The van der Waals surface area contributed by atoms with E-state index in [9.17, 15) is 13.2 Å². The number of aromatic nitrogens is 2. The van der Waals surface area contributed by atoms with E-state index in [1.807, 2.05) is 5.38 Å². The standard InChI is InChI=1S/C11H11ClN4O3S2/c12-9-8(16-2-3-20-11(16)14-9)5-13-15-10(17)7-1-4-21(18,19)6-7/h2-3,5,7H,1,4,6H2,(H,15,17)/b13-5-/t7-/m0/s1. The Morgan fingerprint density at radius 2 is 2.43 bits per heavy atom. The van der Waals surface area contributed by atoms with Crippen LogP contribution >= 0.6 is 22.9 Å². The number of hydrazone groups is 1. The summed E-state index contributed by atoms with van der Waals surface area (Å²) in [4.78, 5) is 16.7. The van der Waals surface area contributed by atoms with Gasteiger partial charge in [0.05, 0.1) is 23.6 Å². The van der Waals surface area contributed by atoms with Crippen molar-refractivity contribution >= 4 is 49.9 Å². The van der Waals surface area contributed by atoms with E-state index in [1.165, 1.54) is 17.6 Å². The maximum atomic E-state index is 11.8. The van der Waals surface area contributed by atoms with Crippen molar-refractivity contribution in [2.24, 2.45) is 11.0 Å². The van der Waals surface area contributed by atoms with Crippen LogP contribution in [0, 0.1) is 5.92 Å². The molecule has 3 rings (SSSR count). The molecular weight excluding hydrogens is 336 g/mol. The van der Waals surface area contributed by atoms with Gasteiger partial charge in [-0.05, 0) is 6.42 Å². The van der Waals surface area contributed by atoms with E-state index in [0.717, 1.165) is 4.96 Å². The lowest BCUT2D eigenvalue weighted by Crippen LogP contribution is -2.27. The predicted octanol–water partition coefficient (Wildman–Crippen LogP) is 0.934. The number of rotatable bonds is 3. The molecule has 112 valence electrons. The largest absolute Gasteiger partial charge is 0.288 e. The maximum Gasteiger partial charge on any atom is 0.244 e. The van der Waals surface area contributed by atoms with Crippen LogP contribution in [0.25, 0.3) is 4.96 Å². The van der Waals surface area contributed by atoms with Crippen molar-refractivity contribution in [3.8, 4) is 0 Å². The number of carbonyl (C=O) groups excluding carboxylic acids is 1. The minimum atomic E-state index is -3.08. The molecule has 3 heterocycles. The van der Waals surface area contributed by atoms with Crippen LogP contribution in [0.2, 0.25) is 5.15 Å². The van der Waals surface area contributed by atoms with Crippen LogP contribution in [0.15, 0.2) is 16.7 Å². The Morgan fingerprint density at radius 1 is 1.62 bits per heavy atom. The number of amides is 1. The molecule has 1 fully saturated rings. The topological polar surface area (TPSA) is 92.9 Å². The van der Waals surface area contributed by atoms with E-state index < -0.39 is 21.7 Å². The Kier molecular flexibility index (Phi) is 3.72. The van der Waals surface area contributed by atoms with E-state index in [1.54, 1.807) is 10.6 Å². The molecule has 10 heteroatoms. The lowest BCUT2D eigenvalue weighted by atomic mass is 10.1. The van der Waals surface area contributed by atoms with Crippen LogP contribution in [0.1, 0.15) is 12.1 Å². The first-order valence-electron chi connectivity index (χ1n) is 6.11. The quantitative estimate of drug-likeness (QED) is 0.661. The molecule has 1 aliphatic rings. The second-order valence-corrected chi connectivity index (χ2v) is 8.14. The van der Waals surface area contributed by atoms with Crippen LogP contribution in [-0.2, 0) is 14.6 Å². The van der Waals surface area contributed by atoms with Crippen molar-refractivity contribution in [3.05, 3.63) is 22.4 Å². The monoisotopic (exact) mass is 346 g/mol. The van der Waals surface area contributed by atoms with E-state index in [-0.39, 0.29) is 11.5 Å². The molecule has 2 aromatic rings. The summed E-state index contributed by atoms with van der Waals surface area (Å²) < 4.78 is 24.4. The van der Waals surface area contributed by atoms with Crippen LogP contribution < -0.4 is 5.43 Å². The van der Waals surface area contributed by atoms with Gasteiger partial charge in [0.1, 0.15) is 5.69 Å². The molecule has 1 amide bonds. The highest BCUT2D eigenvalue weighted by Crippen LogP contribution is 2.20. The molecule has 1 saturated heterocycles. The third kappa shape index (κ3) is 2.94. The molecule has 0 aliphatic carbocycles. The number of thiazole rings is 1. The average Bonchev–Trinajstić information content (AvgIpc) is 3.06. The van der Waals surface area contributed by atoms with Gasteiger partial charge in [-0.1, -0.05) is 11.6 Å². The van der Waals surface area contributed by atoms with Crippen LogP contribution in [0.3, 0.4) is 0 Å². The van der Waals surface area contributed by atoms with Gasteiger partial charge < -0.3 is 0 Å². The summed E-state index contributed by atoms with van der Waals surface area (Å²) in [6, 6.07) is 0. The third-order valence-corrected chi connectivity index (χ3v) is 6.02. The van der Waals surface area contributed by atoms with Gasteiger partial charge in [0.15, 0.2) is 20.0 Å². The fraction of sp³-hybridized carbons (Fsp3) is 0.364. The first-order valence-corrected chi connectivity index (χ1v) is 9.18. The molecule has 2 aromatic heterocycles. The first kappa shape index (κ1) is 14.5. The maximum absolute atomic E-state index is 11.8. The second kappa shape index (κ2) is 5.39. The number of nitrogens with zero attached hydrogens (tertiary/aromatic N) is 3. The van der Waals surface area contributed by atoms with E-state index in [0.29, 0.717) is 17.3 Å². The zero-order chi connectivity index (χ0) is 15.0. The lowest BCUT2D eigenvalue weighted by Gasteiger charge is -2.04. The van der Waals surface area contributed by atoms with Crippen molar-refractivity contribution < 1.29 is 13.2 Å². The third-order valence-electron chi connectivity index (χ3n) is 3.22. The molecule has 0 unspecified atom stereocenters. The normalized spacial score (nSPS) is 21.3. The summed E-state index contributed by atoms with van der Waals surface area (Å²) in [5, 5.41) is 5.99. The first-order chi connectivity index (χ1) is 9.96. The fourth-order valence-electron chi connectivity index (χ4n) is 2.14. The Labute approximate surface area is 129 Å². The number of hydrogen-bond donors (Lipinski definition) is 1. The molecule has 1 aliphatic heterocycles. The predicted molar refractivity (Wildman–Crippen MR) is 80.6 cm³/mol. The Balaban J connectivity index is 1.68. The summed E-state index contributed by atoms with van der Waals surface area (Å²) in [5.41, 5.74) is 2.92. The van der Waals surface area contributed by atoms with Gasteiger partial charge in [-0.15, -0.1) is 11.3 Å². The smallest absolute Gasteiger partial charge is 0.244 e. The van der Waals surface area contributed by atoms with Crippen molar-refractivity contribution in [1.82, 2.24) is 14.8 Å². The molecule has 0 spiro atoms. The number of imidazole rings is 1. The highest BCUT2D eigenvalue weighted by Gasteiger charge is 2.32. The summed E-state index contributed by atoms with van der Waals surface area (Å²) in [7, 11) is -3.08. The summed E-state index contributed by atoms with van der Waals surface area (Å²) in [6.45, 7) is 0. The van der Waals surface area contributed by atoms with Crippen molar-refractivity contribution in [2.75, 3.05) is 11.5 Å². The number of sulfone groups is 1. The average molecular weight is 347 g/mol. The van der Waals surface area contributed by atoms with Gasteiger partial charge in [-0.3, -0.25) is 9.20 Å². The Morgan fingerprint density at radius 3 is 3.14 bits per heavy atom. The van der Waals surface area contributed by atoms with Gasteiger partial charge in [0.2, 0.25) is 5.91 Å².